The van der Waals surface area contributed by atoms with Gasteiger partial charge < -0.3 is 28.5 Å². The maximum Gasteiger partial charge on any atom is 0.338 e. The van der Waals surface area contributed by atoms with E-state index >= 15 is 0 Å². The van der Waals surface area contributed by atoms with Gasteiger partial charge in [0, 0.05) is 10.8 Å². The number of carbonyl (C=O) groups excluding carboxylic acids is 3. The standard InChI is InChI=1S/C24H35IO8Si/c1-15(26)12-13-18(27)31-20-19(33-34(5,6)24(2,3)4)17(14-25)30-23(29)21(20)32-22(28)16-10-8-7-9-11-16/h7-11,17,19-21,23,29H,12-14H2,1-6H3/t17-,19-,20-,21-,23+/m1/s1. The molecule has 0 aliphatic carbocycles. The summed E-state index contributed by atoms with van der Waals surface area (Å²) in [5.41, 5.74) is 0.286. The van der Waals surface area contributed by atoms with E-state index in [-0.39, 0.29) is 29.2 Å². The molecule has 0 bridgehead atoms. The smallest absolute Gasteiger partial charge is 0.338 e. The van der Waals surface area contributed by atoms with Gasteiger partial charge in [-0.3, -0.25) is 4.79 Å². The number of alkyl halides is 1. The van der Waals surface area contributed by atoms with Crippen LogP contribution in [0.4, 0.5) is 0 Å². The highest BCUT2D eigenvalue weighted by Gasteiger charge is 2.53. The van der Waals surface area contributed by atoms with E-state index in [1.54, 1.807) is 30.3 Å². The zero-order valence-corrected chi connectivity index (χ0v) is 23.7. The number of rotatable bonds is 9. The summed E-state index contributed by atoms with van der Waals surface area (Å²) < 4.78 is 24.2. The van der Waals surface area contributed by atoms with Crippen molar-refractivity contribution in [2.75, 3.05) is 4.43 Å². The van der Waals surface area contributed by atoms with E-state index < -0.39 is 51.0 Å². The summed E-state index contributed by atoms with van der Waals surface area (Å²) in [6.45, 7) is 11.8. The number of Topliss-reactive ketones (excluding diaryl/α,β-unsaturated/α-hetero) is 1. The van der Waals surface area contributed by atoms with Gasteiger partial charge in [-0.2, -0.15) is 0 Å². The van der Waals surface area contributed by atoms with Crippen LogP contribution in [-0.4, -0.2) is 66.3 Å². The van der Waals surface area contributed by atoms with Crippen LogP contribution in [0.5, 0.6) is 0 Å². The molecule has 1 aromatic rings. The quantitative estimate of drug-likeness (QED) is 0.194. The first-order valence-corrected chi connectivity index (χ1v) is 15.7. The zero-order valence-electron chi connectivity index (χ0n) is 20.6. The van der Waals surface area contributed by atoms with E-state index in [9.17, 15) is 19.5 Å². The molecule has 0 saturated carbocycles. The number of ketones is 1. The molecule has 1 aliphatic heterocycles. The average Bonchev–Trinajstić information content (AvgIpc) is 2.75. The maximum atomic E-state index is 12.8. The molecular formula is C24H35IO8Si. The average molecular weight is 607 g/mol. The van der Waals surface area contributed by atoms with Crippen molar-refractivity contribution >= 4 is 48.6 Å². The Labute approximate surface area is 215 Å². The van der Waals surface area contributed by atoms with Crippen LogP contribution in [0.25, 0.3) is 0 Å². The predicted octanol–water partition coefficient (Wildman–Crippen LogP) is 4.04. The van der Waals surface area contributed by atoms with Crippen LogP contribution in [-0.2, 0) is 28.2 Å². The molecule has 1 fully saturated rings. The van der Waals surface area contributed by atoms with Crippen LogP contribution >= 0.6 is 22.6 Å². The Bertz CT molecular complexity index is 854. The van der Waals surface area contributed by atoms with E-state index in [1.165, 1.54) is 6.92 Å². The lowest BCUT2D eigenvalue weighted by molar-refractivity contribution is -0.276. The van der Waals surface area contributed by atoms with Gasteiger partial charge >= 0.3 is 11.9 Å². The summed E-state index contributed by atoms with van der Waals surface area (Å²) in [5.74, 6) is -1.46. The fraction of sp³-hybridized carbons (Fsp3) is 0.625. The molecule has 5 atom stereocenters. The fourth-order valence-corrected chi connectivity index (χ4v) is 5.22. The van der Waals surface area contributed by atoms with E-state index in [2.05, 4.69) is 56.5 Å². The lowest BCUT2D eigenvalue weighted by atomic mass is 9.99. The Morgan fingerprint density at radius 3 is 2.18 bits per heavy atom. The van der Waals surface area contributed by atoms with Crippen LogP contribution < -0.4 is 0 Å². The number of benzene rings is 1. The van der Waals surface area contributed by atoms with Crippen LogP contribution in [0.2, 0.25) is 18.1 Å². The molecule has 1 N–H and O–H groups in total. The van der Waals surface area contributed by atoms with Crippen molar-refractivity contribution in [3.05, 3.63) is 35.9 Å². The molecule has 0 spiro atoms. The second-order valence-corrected chi connectivity index (χ2v) is 15.6. The zero-order chi connectivity index (χ0) is 25.7. The second kappa shape index (κ2) is 12.1. The SMILES string of the molecule is CC(=O)CCC(=O)O[C@H]1[C@@H](OC(=O)c2ccccc2)[C@@H](O)O[C@H](CI)[C@H]1O[Si](C)(C)C(C)(C)C. The first-order valence-electron chi connectivity index (χ1n) is 11.3. The van der Waals surface area contributed by atoms with Gasteiger partial charge in [0.15, 0.2) is 26.8 Å². The summed E-state index contributed by atoms with van der Waals surface area (Å²) in [4.78, 5) is 36.8. The van der Waals surface area contributed by atoms with E-state index in [0.717, 1.165) is 0 Å². The topological polar surface area (TPSA) is 108 Å². The molecule has 8 nitrogen and oxygen atoms in total. The fourth-order valence-electron chi connectivity index (χ4n) is 3.19. The molecule has 1 saturated heterocycles. The Kier molecular flexibility index (Phi) is 10.3. The molecule has 10 heteroatoms. The molecular weight excluding hydrogens is 571 g/mol. The molecule has 0 amide bonds. The maximum absolute atomic E-state index is 12.8. The van der Waals surface area contributed by atoms with Crippen LogP contribution in [0, 0.1) is 0 Å². The van der Waals surface area contributed by atoms with Crippen molar-refractivity contribution in [1.29, 1.82) is 0 Å². The highest BCUT2D eigenvalue weighted by Crippen LogP contribution is 2.40. The minimum atomic E-state index is -2.39. The lowest BCUT2D eigenvalue weighted by Gasteiger charge is -2.48. The molecule has 1 aliphatic rings. The van der Waals surface area contributed by atoms with E-state index in [0.29, 0.717) is 4.43 Å². The van der Waals surface area contributed by atoms with Gasteiger partial charge in [-0.15, -0.1) is 0 Å². The minimum absolute atomic E-state index is 0.0303. The summed E-state index contributed by atoms with van der Waals surface area (Å²) in [6, 6.07) is 8.33. The Hall–Kier alpha value is -1.34. The largest absolute Gasteiger partial charge is 0.455 e. The van der Waals surface area contributed by atoms with Gasteiger partial charge in [-0.25, -0.2) is 4.79 Å². The summed E-state index contributed by atoms with van der Waals surface area (Å²) >= 11 is 2.12. The first-order chi connectivity index (χ1) is 15.8. The molecule has 2 rings (SSSR count). The number of hydrogen-bond donors (Lipinski definition) is 1. The van der Waals surface area contributed by atoms with Crippen molar-refractivity contribution in [2.24, 2.45) is 0 Å². The highest BCUT2D eigenvalue weighted by atomic mass is 127. The van der Waals surface area contributed by atoms with Crippen molar-refractivity contribution in [1.82, 2.24) is 0 Å². The van der Waals surface area contributed by atoms with Gasteiger partial charge in [0.1, 0.15) is 11.9 Å². The van der Waals surface area contributed by atoms with Gasteiger partial charge in [0.25, 0.3) is 0 Å². The third-order valence-corrected chi connectivity index (χ3v) is 11.5. The molecule has 0 radical (unpaired) electrons. The van der Waals surface area contributed by atoms with Crippen molar-refractivity contribution in [3.63, 3.8) is 0 Å². The predicted molar refractivity (Wildman–Crippen MR) is 137 cm³/mol. The molecule has 1 aromatic carbocycles. The van der Waals surface area contributed by atoms with Gasteiger partial charge in [0.2, 0.25) is 0 Å². The molecule has 34 heavy (non-hydrogen) atoms. The number of halogens is 1. The van der Waals surface area contributed by atoms with Crippen molar-refractivity contribution in [3.8, 4) is 0 Å². The minimum Gasteiger partial charge on any atom is -0.455 e. The number of carbonyl (C=O) groups is 3. The number of aliphatic hydroxyl groups is 1. The second-order valence-electron chi connectivity index (χ2n) is 9.95. The van der Waals surface area contributed by atoms with Crippen molar-refractivity contribution in [2.45, 2.75) is 89.4 Å². The number of hydrogen-bond acceptors (Lipinski definition) is 8. The normalized spacial score (nSPS) is 25.5. The Morgan fingerprint density at radius 1 is 1.03 bits per heavy atom. The van der Waals surface area contributed by atoms with E-state index in [1.807, 2.05) is 0 Å². The molecule has 1 heterocycles. The number of aliphatic hydroxyl groups excluding tert-OH is 1. The summed E-state index contributed by atoms with van der Waals surface area (Å²) in [6.07, 6.45) is -5.38. The third-order valence-electron chi connectivity index (χ3n) is 6.20. The monoisotopic (exact) mass is 606 g/mol. The van der Waals surface area contributed by atoms with Crippen LogP contribution in [0.1, 0.15) is 50.9 Å². The van der Waals surface area contributed by atoms with E-state index in [4.69, 9.17) is 18.6 Å². The Morgan fingerprint density at radius 2 is 1.65 bits per heavy atom. The number of esters is 2. The van der Waals surface area contributed by atoms with Crippen LogP contribution in [0.15, 0.2) is 30.3 Å². The lowest BCUT2D eigenvalue weighted by Crippen LogP contribution is -2.64. The van der Waals surface area contributed by atoms with Gasteiger partial charge in [-0.05, 0) is 37.2 Å². The van der Waals surface area contributed by atoms with Gasteiger partial charge in [0.05, 0.1) is 18.1 Å². The Balaban J connectivity index is 2.40. The summed E-state index contributed by atoms with van der Waals surface area (Å²) in [5, 5.41) is 10.6. The van der Waals surface area contributed by atoms with Crippen molar-refractivity contribution < 1.29 is 38.1 Å². The van der Waals surface area contributed by atoms with Gasteiger partial charge in [-0.1, -0.05) is 61.6 Å². The first kappa shape index (κ1) is 28.9. The molecule has 0 unspecified atom stereocenters. The highest BCUT2D eigenvalue weighted by molar-refractivity contribution is 14.1. The molecule has 0 aromatic heterocycles. The molecule has 190 valence electrons. The van der Waals surface area contributed by atoms with Crippen LogP contribution in [0.3, 0.4) is 0 Å². The number of ether oxygens (including phenoxy) is 3. The third kappa shape index (κ3) is 7.58. The summed E-state index contributed by atoms with van der Waals surface area (Å²) in [7, 11) is -2.39.